The summed E-state index contributed by atoms with van der Waals surface area (Å²) in [6, 6.07) is 15.1. The fraction of sp³-hybridized carbons (Fsp3) is 0.455. The molecule has 1 aliphatic rings. The number of nitrogens with zero attached hydrogens (tertiary/aromatic N) is 2. The highest BCUT2D eigenvalue weighted by molar-refractivity contribution is 7.93. The van der Waals surface area contributed by atoms with Gasteiger partial charge < -0.3 is 4.90 Å². The normalized spacial score (nSPS) is 20.6. The maximum atomic E-state index is 13.1. The number of sulfonamides is 1. The predicted molar refractivity (Wildman–Crippen MR) is 119 cm³/mol. The molecule has 2 atom stereocenters. The minimum atomic E-state index is -3.65. The van der Waals surface area contributed by atoms with E-state index in [0.29, 0.717) is 5.69 Å². The van der Waals surface area contributed by atoms with Crippen molar-refractivity contribution in [3.63, 3.8) is 0 Å². The van der Waals surface area contributed by atoms with Gasteiger partial charge in [-0.3, -0.25) is 9.56 Å². The molecule has 158 valence electrons. The molecule has 0 amide bonds. The average Bonchev–Trinajstić information content (AvgIpc) is 3.04. The SMILES string of the molecule is CN(C)c1ccc(NS(=O)(=O)[C@H]2CON(C)[C@H]2c2ccc(C(C)(C)C)cc2)cc1. The zero-order chi connectivity index (χ0) is 21.4. The van der Waals surface area contributed by atoms with E-state index in [1.54, 1.807) is 24.2 Å². The first-order chi connectivity index (χ1) is 13.5. The first-order valence-corrected chi connectivity index (χ1v) is 11.3. The number of anilines is 2. The summed E-state index contributed by atoms with van der Waals surface area (Å²) in [4.78, 5) is 7.58. The quantitative estimate of drug-likeness (QED) is 0.802. The van der Waals surface area contributed by atoms with Crippen molar-refractivity contribution in [2.24, 2.45) is 0 Å². The number of nitrogens with one attached hydrogen (secondary N) is 1. The first-order valence-electron chi connectivity index (χ1n) is 9.74. The van der Waals surface area contributed by atoms with Gasteiger partial charge in [0.2, 0.25) is 10.0 Å². The maximum absolute atomic E-state index is 13.1. The average molecular weight is 418 g/mol. The van der Waals surface area contributed by atoms with Crippen LogP contribution in [0.25, 0.3) is 0 Å². The van der Waals surface area contributed by atoms with Crippen molar-refractivity contribution in [3.8, 4) is 0 Å². The lowest BCUT2D eigenvalue weighted by Crippen LogP contribution is -2.35. The van der Waals surface area contributed by atoms with Crippen molar-refractivity contribution in [2.45, 2.75) is 37.5 Å². The van der Waals surface area contributed by atoms with Crippen LogP contribution < -0.4 is 9.62 Å². The van der Waals surface area contributed by atoms with Gasteiger partial charge in [0, 0.05) is 32.5 Å². The summed E-state index contributed by atoms with van der Waals surface area (Å²) >= 11 is 0. The number of rotatable bonds is 5. The molecule has 29 heavy (non-hydrogen) atoms. The lowest BCUT2D eigenvalue weighted by atomic mass is 9.86. The zero-order valence-electron chi connectivity index (χ0n) is 18.0. The van der Waals surface area contributed by atoms with Crippen LogP contribution >= 0.6 is 0 Å². The van der Waals surface area contributed by atoms with E-state index in [1.807, 2.05) is 43.3 Å². The molecule has 1 fully saturated rings. The van der Waals surface area contributed by atoms with Gasteiger partial charge in [0.15, 0.2) is 0 Å². The van der Waals surface area contributed by atoms with Crippen molar-refractivity contribution >= 4 is 21.4 Å². The molecule has 1 aliphatic heterocycles. The molecule has 0 aromatic heterocycles. The number of hydrogen-bond donors (Lipinski definition) is 1. The number of benzene rings is 2. The summed E-state index contributed by atoms with van der Waals surface area (Å²) < 4.78 is 29.0. The Labute approximate surface area is 174 Å². The minimum absolute atomic E-state index is 0.0440. The molecule has 0 saturated carbocycles. The summed E-state index contributed by atoms with van der Waals surface area (Å²) in [5.74, 6) is 0. The van der Waals surface area contributed by atoms with E-state index in [0.717, 1.165) is 11.3 Å². The summed E-state index contributed by atoms with van der Waals surface area (Å²) in [6.07, 6.45) is 0. The molecular weight excluding hydrogens is 386 g/mol. The second-order valence-corrected chi connectivity index (χ2v) is 10.7. The Hall–Kier alpha value is -2.09. The largest absolute Gasteiger partial charge is 0.378 e. The first kappa shape index (κ1) is 21.6. The van der Waals surface area contributed by atoms with E-state index in [1.165, 1.54) is 5.56 Å². The molecule has 1 saturated heterocycles. The van der Waals surface area contributed by atoms with E-state index >= 15 is 0 Å². The smallest absolute Gasteiger partial charge is 0.239 e. The van der Waals surface area contributed by atoms with Gasteiger partial charge in [0.05, 0.1) is 12.6 Å². The molecule has 2 aromatic rings. The van der Waals surface area contributed by atoms with Crippen LogP contribution in [-0.2, 0) is 20.3 Å². The van der Waals surface area contributed by atoms with Crippen LogP contribution in [0.2, 0.25) is 0 Å². The molecule has 0 bridgehead atoms. The third kappa shape index (κ3) is 4.74. The second-order valence-electron chi connectivity index (χ2n) is 8.79. The van der Waals surface area contributed by atoms with E-state index in [2.05, 4.69) is 37.6 Å². The van der Waals surface area contributed by atoms with Gasteiger partial charge in [0.25, 0.3) is 0 Å². The number of hydroxylamine groups is 2. The third-order valence-corrected chi connectivity index (χ3v) is 7.06. The van der Waals surface area contributed by atoms with Gasteiger partial charge >= 0.3 is 0 Å². The molecule has 0 unspecified atom stereocenters. The Morgan fingerprint density at radius 1 is 1.03 bits per heavy atom. The van der Waals surface area contributed by atoms with Gasteiger partial charge in [-0.25, -0.2) is 8.42 Å². The molecule has 2 aromatic carbocycles. The van der Waals surface area contributed by atoms with Crippen molar-refractivity contribution < 1.29 is 13.3 Å². The topological polar surface area (TPSA) is 61.9 Å². The van der Waals surface area contributed by atoms with Crippen molar-refractivity contribution in [2.75, 3.05) is 37.4 Å². The van der Waals surface area contributed by atoms with Gasteiger partial charge in [0.1, 0.15) is 5.25 Å². The van der Waals surface area contributed by atoms with Gasteiger partial charge in [-0.1, -0.05) is 45.0 Å². The zero-order valence-corrected chi connectivity index (χ0v) is 18.8. The Bertz CT molecular complexity index is 933. The molecule has 6 nitrogen and oxygen atoms in total. The van der Waals surface area contributed by atoms with Gasteiger partial charge in [-0.2, -0.15) is 5.06 Å². The standard InChI is InChI=1S/C22H31N3O3S/c1-22(2,3)17-9-7-16(8-10-17)21-20(15-28-25(21)6)29(26,27)23-18-11-13-19(14-12-18)24(4)5/h7-14,20-21,23H,15H2,1-6H3/t20-,21-/m0/s1. The van der Waals surface area contributed by atoms with Crippen LogP contribution in [0.1, 0.15) is 37.9 Å². The van der Waals surface area contributed by atoms with Crippen LogP contribution in [0.4, 0.5) is 11.4 Å². The molecule has 7 heteroatoms. The van der Waals surface area contributed by atoms with Crippen molar-refractivity contribution in [1.82, 2.24) is 5.06 Å². The Morgan fingerprint density at radius 3 is 2.14 bits per heavy atom. The van der Waals surface area contributed by atoms with Gasteiger partial charge in [-0.05, 0) is 40.8 Å². The van der Waals surface area contributed by atoms with Crippen molar-refractivity contribution in [3.05, 3.63) is 59.7 Å². The molecular formula is C22H31N3O3S. The fourth-order valence-corrected chi connectivity index (χ4v) is 5.05. The molecule has 1 heterocycles. The van der Waals surface area contributed by atoms with E-state index in [4.69, 9.17) is 4.84 Å². The van der Waals surface area contributed by atoms with Crippen LogP contribution in [0.3, 0.4) is 0 Å². The van der Waals surface area contributed by atoms with Crippen LogP contribution in [-0.4, -0.2) is 46.5 Å². The van der Waals surface area contributed by atoms with Crippen LogP contribution in [0.15, 0.2) is 48.5 Å². The lowest BCUT2D eigenvalue weighted by Gasteiger charge is -2.25. The summed E-state index contributed by atoms with van der Waals surface area (Å²) in [5, 5.41) is 0.937. The Kier molecular flexibility index (Phi) is 5.94. The summed E-state index contributed by atoms with van der Waals surface area (Å²) in [5.41, 5.74) is 3.74. The minimum Gasteiger partial charge on any atom is -0.378 e. The highest BCUT2D eigenvalue weighted by Gasteiger charge is 2.43. The molecule has 0 radical (unpaired) electrons. The molecule has 1 N–H and O–H groups in total. The molecule has 3 rings (SSSR count). The highest BCUT2D eigenvalue weighted by atomic mass is 32.2. The number of hydrogen-bond acceptors (Lipinski definition) is 5. The van der Waals surface area contributed by atoms with E-state index in [-0.39, 0.29) is 18.1 Å². The van der Waals surface area contributed by atoms with E-state index in [9.17, 15) is 8.42 Å². The van der Waals surface area contributed by atoms with Crippen molar-refractivity contribution in [1.29, 1.82) is 0 Å². The lowest BCUT2D eigenvalue weighted by molar-refractivity contribution is -0.110. The molecule has 0 spiro atoms. The fourth-order valence-electron chi connectivity index (χ4n) is 3.53. The second kappa shape index (κ2) is 7.97. The summed E-state index contributed by atoms with van der Waals surface area (Å²) in [6.45, 7) is 6.59. The Morgan fingerprint density at radius 2 is 1.62 bits per heavy atom. The highest BCUT2D eigenvalue weighted by Crippen LogP contribution is 2.35. The predicted octanol–water partition coefficient (Wildman–Crippen LogP) is 3.78. The van der Waals surface area contributed by atoms with Crippen LogP contribution in [0.5, 0.6) is 0 Å². The van der Waals surface area contributed by atoms with Gasteiger partial charge in [-0.15, -0.1) is 0 Å². The monoisotopic (exact) mass is 417 g/mol. The maximum Gasteiger partial charge on any atom is 0.239 e. The molecule has 0 aliphatic carbocycles. The summed E-state index contributed by atoms with van der Waals surface area (Å²) in [7, 11) is 2.03. The van der Waals surface area contributed by atoms with E-state index < -0.39 is 15.3 Å². The van der Waals surface area contributed by atoms with Crippen LogP contribution in [0, 0.1) is 0 Å². The third-order valence-electron chi connectivity index (χ3n) is 5.35. The Balaban J connectivity index is 1.84.